The highest BCUT2D eigenvalue weighted by atomic mass is 19.4. The summed E-state index contributed by atoms with van der Waals surface area (Å²) >= 11 is 0. The molecule has 5 nitrogen and oxygen atoms in total. The van der Waals surface area contributed by atoms with Crippen molar-refractivity contribution >= 4 is 11.6 Å². The average Bonchev–Trinajstić information content (AvgIpc) is 3.06. The smallest absolute Gasteiger partial charge is 0.416 e. The van der Waals surface area contributed by atoms with Crippen molar-refractivity contribution in [1.29, 1.82) is 0 Å². The normalized spacial score (nSPS) is 11.2. The van der Waals surface area contributed by atoms with Gasteiger partial charge in [-0.1, -0.05) is 24.3 Å². The molecule has 3 aromatic rings. The van der Waals surface area contributed by atoms with Crippen LogP contribution in [0.4, 0.5) is 18.9 Å². The maximum absolute atomic E-state index is 12.8. The van der Waals surface area contributed by atoms with Crippen LogP contribution in [0.3, 0.4) is 0 Å². The number of anilines is 1. The molecule has 1 aromatic heterocycles. The van der Waals surface area contributed by atoms with E-state index >= 15 is 0 Å². The lowest BCUT2D eigenvalue weighted by Gasteiger charge is -2.09. The van der Waals surface area contributed by atoms with Gasteiger partial charge in [0.2, 0.25) is 0 Å². The SMILES string of the molecule is COc1cn(-c2ccccc2)nc1C(=O)Nc1cccc(C(F)(F)F)c1. The first-order chi connectivity index (χ1) is 12.4. The van der Waals surface area contributed by atoms with Crippen LogP contribution in [0.2, 0.25) is 0 Å². The van der Waals surface area contributed by atoms with Gasteiger partial charge in [-0.25, -0.2) is 4.68 Å². The second-order valence-electron chi connectivity index (χ2n) is 5.36. The van der Waals surface area contributed by atoms with Gasteiger partial charge in [0.15, 0.2) is 11.4 Å². The molecule has 1 amide bonds. The van der Waals surface area contributed by atoms with E-state index in [1.54, 1.807) is 12.1 Å². The number of nitrogens with one attached hydrogen (secondary N) is 1. The van der Waals surface area contributed by atoms with Crippen LogP contribution in [0.15, 0.2) is 60.8 Å². The number of amides is 1. The fraction of sp³-hybridized carbons (Fsp3) is 0.111. The lowest BCUT2D eigenvalue weighted by atomic mass is 10.2. The Hall–Kier alpha value is -3.29. The number of para-hydroxylation sites is 1. The number of carbonyl (C=O) groups is 1. The van der Waals surface area contributed by atoms with Crippen molar-refractivity contribution < 1.29 is 22.7 Å². The number of benzene rings is 2. The molecule has 0 atom stereocenters. The summed E-state index contributed by atoms with van der Waals surface area (Å²) in [6.45, 7) is 0. The van der Waals surface area contributed by atoms with Crippen LogP contribution < -0.4 is 10.1 Å². The standard InChI is InChI=1S/C18H14F3N3O2/c1-26-15-11-24(14-8-3-2-4-9-14)23-16(15)17(25)22-13-7-5-6-12(10-13)18(19,20)21/h2-11H,1H3,(H,22,25). The highest BCUT2D eigenvalue weighted by molar-refractivity contribution is 6.04. The first-order valence-electron chi connectivity index (χ1n) is 7.56. The largest absolute Gasteiger partial charge is 0.493 e. The number of hydrogen-bond acceptors (Lipinski definition) is 3. The number of rotatable bonds is 4. The van der Waals surface area contributed by atoms with Gasteiger partial charge < -0.3 is 10.1 Å². The molecule has 26 heavy (non-hydrogen) atoms. The molecule has 0 aliphatic rings. The summed E-state index contributed by atoms with van der Waals surface area (Å²) in [5.74, 6) is -0.464. The highest BCUT2D eigenvalue weighted by Gasteiger charge is 2.30. The molecule has 0 fully saturated rings. The third-order valence-electron chi connectivity index (χ3n) is 3.58. The topological polar surface area (TPSA) is 56.2 Å². The first-order valence-corrected chi connectivity index (χ1v) is 7.56. The summed E-state index contributed by atoms with van der Waals surface area (Å²) in [6, 6.07) is 13.4. The summed E-state index contributed by atoms with van der Waals surface area (Å²) in [5, 5.41) is 6.59. The van der Waals surface area contributed by atoms with E-state index in [9.17, 15) is 18.0 Å². The van der Waals surface area contributed by atoms with Crippen LogP contribution in [0.1, 0.15) is 16.1 Å². The lowest BCUT2D eigenvalue weighted by molar-refractivity contribution is -0.137. The second kappa shape index (κ2) is 6.91. The van der Waals surface area contributed by atoms with E-state index in [0.29, 0.717) is 5.69 Å². The van der Waals surface area contributed by atoms with Gasteiger partial charge in [-0.3, -0.25) is 4.79 Å². The minimum Gasteiger partial charge on any atom is -0.493 e. The number of hydrogen-bond donors (Lipinski definition) is 1. The predicted molar refractivity (Wildman–Crippen MR) is 89.5 cm³/mol. The van der Waals surface area contributed by atoms with Crippen LogP contribution in [0, 0.1) is 0 Å². The van der Waals surface area contributed by atoms with Crippen molar-refractivity contribution in [1.82, 2.24) is 9.78 Å². The van der Waals surface area contributed by atoms with E-state index in [1.807, 2.05) is 18.2 Å². The molecule has 0 unspecified atom stereocenters. The molecular formula is C18H14F3N3O2. The van der Waals surface area contributed by atoms with Gasteiger partial charge in [0.05, 0.1) is 24.6 Å². The number of ether oxygens (including phenoxy) is 1. The molecule has 1 N–H and O–H groups in total. The molecule has 1 heterocycles. The van der Waals surface area contributed by atoms with E-state index in [4.69, 9.17) is 4.74 Å². The number of nitrogens with zero attached hydrogens (tertiary/aromatic N) is 2. The summed E-state index contributed by atoms with van der Waals surface area (Å²) in [5.41, 5.74) is -0.157. The van der Waals surface area contributed by atoms with Crippen molar-refractivity contribution in [2.75, 3.05) is 12.4 Å². The van der Waals surface area contributed by atoms with Crippen molar-refractivity contribution in [3.63, 3.8) is 0 Å². The number of aromatic nitrogens is 2. The van der Waals surface area contributed by atoms with E-state index in [0.717, 1.165) is 12.1 Å². The quantitative estimate of drug-likeness (QED) is 0.759. The highest BCUT2D eigenvalue weighted by Crippen LogP contribution is 2.31. The molecule has 8 heteroatoms. The van der Waals surface area contributed by atoms with Crippen molar-refractivity contribution in [3.05, 3.63) is 72.1 Å². The number of halogens is 3. The van der Waals surface area contributed by atoms with Crippen LogP contribution in [-0.2, 0) is 6.18 Å². The zero-order valence-corrected chi connectivity index (χ0v) is 13.6. The molecular weight excluding hydrogens is 347 g/mol. The summed E-state index contributed by atoms with van der Waals surface area (Å²) < 4.78 is 45.0. The van der Waals surface area contributed by atoms with Crippen LogP contribution in [-0.4, -0.2) is 22.8 Å². The van der Waals surface area contributed by atoms with E-state index in [2.05, 4.69) is 10.4 Å². The molecule has 0 aliphatic heterocycles. The van der Waals surface area contributed by atoms with Crippen LogP contribution in [0.5, 0.6) is 5.75 Å². The Morgan fingerprint density at radius 3 is 2.50 bits per heavy atom. The molecule has 0 bridgehead atoms. The minimum atomic E-state index is -4.49. The summed E-state index contributed by atoms with van der Waals surface area (Å²) in [6.07, 6.45) is -2.97. The maximum Gasteiger partial charge on any atom is 0.416 e. The Morgan fingerprint density at radius 1 is 1.12 bits per heavy atom. The van der Waals surface area contributed by atoms with Gasteiger partial charge in [0.25, 0.3) is 5.91 Å². The lowest BCUT2D eigenvalue weighted by Crippen LogP contribution is -2.15. The number of methoxy groups -OCH3 is 1. The van der Waals surface area contributed by atoms with Crippen LogP contribution in [0.25, 0.3) is 5.69 Å². The summed E-state index contributed by atoms with van der Waals surface area (Å²) in [7, 11) is 1.38. The van der Waals surface area contributed by atoms with Crippen LogP contribution >= 0.6 is 0 Å². The Bertz CT molecular complexity index is 921. The van der Waals surface area contributed by atoms with Crippen molar-refractivity contribution in [3.8, 4) is 11.4 Å². The minimum absolute atomic E-state index is 0.0149. The molecule has 0 spiro atoms. The Labute approximate surface area is 147 Å². The Morgan fingerprint density at radius 2 is 1.85 bits per heavy atom. The Kier molecular flexibility index (Phi) is 4.66. The third kappa shape index (κ3) is 3.69. The van der Waals surface area contributed by atoms with Crippen molar-refractivity contribution in [2.24, 2.45) is 0 Å². The fourth-order valence-electron chi connectivity index (χ4n) is 2.34. The third-order valence-corrected chi connectivity index (χ3v) is 3.58. The first kappa shape index (κ1) is 17.5. The van der Waals surface area contributed by atoms with Gasteiger partial charge in [0.1, 0.15) is 0 Å². The average molecular weight is 361 g/mol. The second-order valence-corrected chi connectivity index (χ2v) is 5.36. The maximum atomic E-state index is 12.8. The molecule has 3 rings (SSSR count). The summed E-state index contributed by atoms with van der Waals surface area (Å²) in [4.78, 5) is 12.5. The molecule has 2 aromatic carbocycles. The van der Waals surface area contributed by atoms with Gasteiger partial charge in [-0.15, -0.1) is 0 Å². The fourth-order valence-corrected chi connectivity index (χ4v) is 2.34. The van der Waals surface area contributed by atoms with Gasteiger partial charge in [-0.2, -0.15) is 18.3 Å². The zero-order valence-electron chi connectivity index (χ0n) is 13.6. The predicted octanol–water partition coefficient (Wildman–Crippen LogP) is 4.15. The molecule has 0 saturated heterocycles. The molecule has 0 radical (unpaired) electrons. The monoisotopic (exact) mass is 361 g/mol. The number of alkyl halides is 3. The van der Waals surface area contributed by atoms with Crippen molar-refractivity contribution in [2.45, 2.75) is 6.18 Å². The Balaban J connectivity index is 1.88. The van der Waals surface area contributed by atoms with E-state index in [1.165, 1.54) is 30.1 Å². The molecule has 0 aliphatic carbocycles. The zero-order chi connectivity index (χ0) is 18.7. The number of carbonyl (C=O) groups excluding carboxylic acids is 1. The van der Waals surface area contributed by atoms with Gasteiger partial charge in [0, 0.05) is 5.69 Å². The van der Waals surface area contributed by atoms with Gasteiger partial charge >= 0.3 is 6.18 Å². The molecule has 0 saturated carbocycles. The van der Waals surface area contributed by atoms with Gasteiger partial charge in [-0.05, 0) is 30.3 Å². The van der Waals surface area contributed by atoms with E-state index in [-0.39, 0.29) is 17.1 Å². The van der Waals surface area contributed by atoms with E-state index < -0.39 is 17.6 Å². The molecule has 134 valence electrons.